The smallest absolute Gasteiger partial charge is 0.0793 e. The first-order valence-electron chi connectivity index (χ1n) is 6.76. The van der Waals surface area contributed by atoms with Crippen LogP contribution in [0.5, 0.6) is 0 Å². The van der Waals surface area contributed by atoms with Crippen molar-refractivity contribution in [2.75, 3.05) is 0 Å². The Kier molecular flexibility index (Phi) is 3.84. The molecule has 1 nitrogen and oxygen atoms in total. The Morgan fingerprint density at radius 1 is 1.17 bits per heavy atom. The van der Waals surface area contributed by atoms with E-state index in [1.807, 2.05) is 18.2 Å². The van der Waals surface area contributed by atoms with Gasteiger partial charge >= 0.3 is 0 Å². The fraction of sp³-hybridized carbons (Fsp3) is 0.600. The van der Waals surface area contributed by atoms with E-state index in [1.54, 1.807) is 0 Å². The van der Waals surface area contributed by atoms with Gasteiger partial charge < -0.3 is 5.11 Å². The van der Waals surface area contributed by atoms with Crippen LogP contribution in [0.15, 0.2) is 27.1 Å². The number of aliphatic hydroxyl groups excluding tert-OH is 1. The second kappa shape index (κ2) is 5.26. The fourth-order valence-corrected chi connectivity index (χ4v) is 4.45. The van der Waals surface area contributed by atoms with E-state index in [1.165, 1.54) is 25.7 Å². The number of rotatable bonds is 3. The highest BCUT2D eigenvalue weighted by molar-refractivity contribution is 9.13. The summed E-state index contributed by atoms with van der Waals surface area (Å²) in [5, 5.41) is 10.4. The van der Waals surface area contributed by atoms with E-state index in [2.05, 4.69) is 31.9 Å². The first-order chi connectivity index (χ1) is 8.63. The number of hydrogen-bond acceptors (Lipinski definition) is 1. The maximum absolute atomic E-state index is 10.4. The molecule has 0 aliphatic heterocycles. The van der Waals surface area contributed by atoms with E-state index < -0.39 is 0 Å². The molecule has 2 aliphatic rings. The van der Waals surface area contributed by atoms with Crippen molar-refractivity contribution in [3.63, 3.8) is 0 Å². The second-order valence-corrected chi connectivity index (χ2v) is 7.57. The van der Waals surface area contributed by atoms with Crippen LogP contribution in [0.25, 0.3) is 0 Å². The van der Waals surface area contributed by atoms with Crippen molar-refractivity contribution < 1.29 is 5.11 Å². The first kappa shape index (κ1) is 13.1. The monoisotopic (exact) mass is 372 g/mol. The van der Waals surface area contributed by atoms with Crippen LogP contribution in [0.4, 0.5) is 0 Å². The summed E-state index contributed by atoms with van der Waals surface area (Å²) in [5.74, 6) is 2.61. The molecular formula is C15H18Br2O. The van der Waals surface area contributed by atoms with Gasteiger partial charge in [0, 0.05) is 8.95 Å². The first-order valence-corrected chi connectivity index (χ1v) is 8.35. The molecule has 2 bridgehead atoms. The van der Waals surface area contributed by atoms with Crippen molar-refractivity contribution >= 4 is 31.9 Å². The van der Waals surface area contributed by atoms with Gasteiger partial charge in [-0.2, -0.15) is 0 Å². The van der Waals surface area contributed by atoms with Crippen LogP contribution in [0.2, 0.25) is 0 Å². The van der Waals surface area contributed by atoms with Crippen LogP contribution in [0.3, 0.4) is 0 Å². The molecule has 18 heavy (non-hydrogen) atoms. The zero-order chi connectivity index (χ0) is 12.7. The van der Waals surface area contributed by atoms with Gasteiger partial charge in [0.2, 0.25) is 0 Å². The summed E-state index contributed by atoms with van der Waals surface area (Å²) < 4.78 is 2.06. The van der Waals surface area contributed by atoms with Crippen molar-refractivity contribution in [2.24, 2.45) is 17.8 Å². The number of aliphatic hydroxyl groups is 1. The molecule has 3 heteroatoms. The third kappa shape index (κ3) is 2.54. The Labute approximate surface area is 125 Å². The van der Waals surface area contributed by atoms with Gasteiger partial charge in [0.15, 0.2) is 0 Å². The lowest BCUT2D eigenvalue weighted by molar-refractivity contribution is 0.125. The molecule has 1 aromatic rings. The molecule has 4 atom stereocenters. The van der Waals surface area contributed by atoms with E-state index in [-0.39, 0.29) is 6.10 Å². The maximum Gasteiger partial charge on any atom is 0.0793 e. The minimum absolute atomic E-state index is 0.307. The lowest BCUT2D eigenvalue weighted by Gasteiger charge is -2.24. The molecule has 2 fully saturated rings. The van der Waals surface area contributed by atoms with E-state index in [4.69, 9.17) is 0 Å². The molecular weight excluding hydrogens is 356 g/mol. The van der Waals surface area contributed by atoms with E-state index in [9.17, 15) is 5.11 Å². The van der Waals surface area contributed by atoms with Gasteiger partial charge in [-0.15, -0.1) is 0 Å². The standard InChI is InChI=1S/C15H18Br2O/c16-13-4-3-11(7-14(13)17)15(18)8-12-6-9-1-2-10(12)5-9/h3-4,7,9-10,12,15,18H,1-2,5-6,8H2. The molecule has 0 heterocycles. The van der Waals surface area contributed by atoms with Gasteiger partial charge in [-0.25, -0.2) is 0 Å². The summed E-state index contributed by atoms with van der Waals surface area (Å²) in [5.41, 5.74) is 1.04. The fourth-order valence-electron chi connectivity index (χ4n) is 3.81. The number of benzene rings is 1. The summed E-state index contributed by atoms with van der Waals surface area (Å²) in [6.45, 7) is 0. The van der Waals surface area contributed by atoms with Crippen molar-refractivity contribution in [1.82, 2.24) is 0 Å². The molecule has 98 valence electrons. The Balaban J connectivity index is 1.67. The Morgan fingerprint density at radius 2 is 2.00 bits per heavy atom. The van der Waals surface area contributed by atoms with Crippen molar-refractivity contribution in [3.05, 3.63) is 32.7 Å². The normalized spacial score (nSPS) is 31.8. The summed E-state index contributed by atoms with van der Waals surface area (Å²) in [4.78, 5) is 0. The molecule has 0 spiro atoms. The van der Waals surface area contributed by atoms with Crippen LogP contribution >= 0.6 is 31.9 Å². The molecule has 1 N–H and O–H groups in total. The molecule has 0 saturated heterocycles. The van der Waals surface area contributed by atoms with E-state index >= 15 is 0 Å². The van der Waals surface area contributed by atoms with Gasteiger partial charge in [0.05, 0.1) is 6.10 Å². The maximum atomic E-state index is 10.4. The van der Waals surface area contributed by atoms with Crippen LogP contribution < -0.4 is 0 Å². The van der Waals surface area contributed by atoms with Crippen LogP contribution in [-0.4, -0.2) is 5.11 Å². The molecule has 0 amide bonds. The summed E-state index contributed by atoms with van der Waals surface area (Å²) in [7, 11) is 0. The third-order valence-corrected chi connectivity index (χ3v) is 6.62. The minimum Gasteiger partial charge on any atom is -0.388 e. The zero-order valence-corrected chi connectivity index (χ0v) is 13.5. The summed E-state index contributed by atoms with van der Waals surface area (Å²) in [6.07, 6.45) is 6.22. The zero-order valence-electron chi connectivity index (χ0n) is 10.3. The topological polar surface area (TPSA) is 20.2 Å². The molecule has 4 unspecified atom stereocenters. The quantitative estimate of drug-likeness (QED) is 0.783. The van der Waals surface area contributed by atoms with Crippen molar-refractivity contribution in [1.29, 1.82) is 0 Å². The van der Waals surface area contributed by atoms with E-state index in [0.29, 0.717) is 0 Å². The second-order valence-electron chi connectivity index (χ2n) is 5.86. The average molecular weight is 374 g/mol. The molecule has 1 aromatic carbocycles. The van der Waals surface area contributed by atoms with Crippen molar-refractivity contribution in [2.45, 2.75) is 38.2 Å². The van der Waals surface area contributed by atoms with Gasteiger partial charge in [-0.3, -0.25) is 0 Å². The molecule has 2 aliphatic carbocycles. The highest BCUT2D eigenvalue weighted by atomic mass is 79.9. The highest BCUT2D eigenvalue weighted by Crippen LogP contribution is 2.51. The lowest BCUT2D eigenvalue weighted by atomic mass is 9.83. The number of hydrogen-bond donors (Lipinski definition) is 1. The lowest BCUT2D eigenvalue weighted by Crippen LogP contribution is -2.14. The summed E-state index contributed by atoms with van der Waals surface area (Å²) >= 11 is 6.97. The Morgan fingerprint density at radius 3 is 2.61 bits per heavy atom. The SMILES string of the molecule is OC(CC1CC2CCC1C2)c1ccc(Br)c(Br)c1. The van der Waals surface area contributed by atoms with Crippen LogP contribution in [-0.2, 0) is 0 Å². The van der Waals surface area contributed by atoms with Gasteiger partial charge in [-0.1, -0.05) is 12.5 Å². The third-order valence-electron chi connectivity index (χ3n) is 4.74. The molecule has 0 aromatic heterocycles. The van der Waals surface area contributed by atoms with Crippen LogP contribution in [0, 0.1) is 17.8 Å². The predicted octanol–water partition coefficient (Wildman–Crippen LogP) is 5.07. The van der Waals surface area contributed by atoms with Crippen LogP contribution in [0.1, 0.15) is 43.8 Å². The Bertz CT molecular complexity index is 446. The number of halogens is 2. The highest BCUT2D eigenvalue weighted by Gasteiger charge is 2.40. The van der Waals surface area contributed by atoms with Crippen molar-refractivity contribution in [3.8, 4) is 0 Å². The van der Waals surface area contributed by atoms with Gasteiger partial charge in [0.25, 0.3) is 0 Å². The molecule has 0 radical (unpaired) electrons. The number of fused-ring (bicyclic) bond motifs is 2. The largest absolute Gasteiger partial charge is 0.388 e. The van der Waals surface area contributed by atoms with E-state index in [0.717, 1.165) is 38.7 Å². The summed E-state index contributed by atoms with van der Waals surface area (Å²) in [6, 6.07) is 6.05. The average Bonchev–Trinajstić information content (AvgIpc) is 2.94. The molecule has 2 saturated carbocycles. The minimum atomic E-state index is -0.307. The Hall–Kier alpha value is 0.140. The van der Waals surface area contributed by atoms with Gasteiger partial charge in [0.1, 0.15) is 0 Å². The predicted molar refractivity (Wildman–Crippen MR) is 80.4 cm³/mol. The molecule has 3 rings (SSSR count). The van der Waals surface area contributed by atoms with Gasteiger partial charge in [-0.05, 0) is 93.0 Å².